The predicted octanol–water partition coefficient (Wildman–Crippen LogP) is 3.32. The summed E-state index contributed by atoms with van der Waals surface area (Å²) < 4.78 is 5.35. The molecule has 1 unspecified atom stereocenters. The first-order chi connectivity index (χ1) is 11.3. The van der Waals surface area contributed by atoms with Crippen LogP contribution in [-0.4, -0.2) is 37.6 Å². The number of hydrogen-bond acceptors (Lipinski definition) is 4. The highest BCUT2D eigenvalue weighted by Gasteiger charge is 2.24. The van der Waals surface area contributed by atoms with Gasteiger partial charge in [-0.25, -0.2) is 0 Å². The molecule has 1 amide bonds. The number of carbonyl (C=O) groups excluding carboxylic acids is 1. The molecule has 23 heavy (non-hydrogen) atoms. The maximum atomic E-state index is 12.2. The highest BCUT2D eigenvalue weighted by molar-refractivity contribution is 7.12. The molecule has 3 rings (SSSR count). The lowest BCUT2D eigenvalue weighted by molar-refractivity contribution is 0.0942. The third-order valence-corrected chi connectivity index (χ3v) is 5.13. The molecule has 0 saturated carbocycles. The quantitative estimate of drug-likeness (QED) is 0.883. The van der Waals surface area contributed by atoms with Gasteiger partial charge in [-0.05, 0) is 55.1 Å². The minimum absolute atomic E-state index is 0.00657. The van der Waals surface area contributed by atoms with Crippen molar-refractivity contribution in [3.8, 4) is 5.75 Å². The standard InChI is InChI=1S/C18H22N2O2S/c1-22-15-7-4-6-14(12-15)16(20-9-2-3-10-20)13-19-18(21)17-8-5-11-23-17/h4-8,11-12,16H,2-3,9-10,13H2,1H3,(H,19,21). The lowest BCUT2D eigenvalue weighted by Crippen LogP contribution is -2.36. The number of thiophene rings is 1. The Morgan fingerprint density at radius 3 is 2.83 bits per heavy atom. The monoisotopic (exact) mass is 330 g/mol. The fourth-order valence-electron chi connectivity index (χ4n) is 3.04. The number of benzene rings is 1. The van der Waals surface area contributed by atoms with E-state index < -0.39 is 0 Å². The van der Waals surface area contributed by atoms with E-state index in [0.717, 1.165) is 23.7 Å². The van der Waals surface area contributed by atoms with Crippen LogP contribution in [0.15, 0.2) is 41.8 Å². The van der Waals surface area contributed by atoms with Crippen molar-refractivity contribution < 1.29 is 9.53 Å². The van der Waals surface area contributed by atoms with E-state index in [1.807, 2.05) is 29.6 Å². The smallest absolute Gasteiger partial charge is 0.261 e. The van der Waals surface area contributed by atoms with E-state index in [1.165, 1.54) is 29.7 Å². The normalized spacial score (nSPS) is 16.2. The molecule has 2 aromatic rings. The number of ether oxygens (including phenoxy) is 1. The summed E-state index contributed by atoms with van der Waals surface area (Å²) in [5.74, 6) is 0.864. The Hall–Kier alpha value is -1.85. The van der Waals surface area contributed by atoms with Gasteiger partial charge in [-0.3, -0.25) is 9.69 Å². The van der Waals surface area contributed by atoms with E-state index in [0.29, 0.717) is 6.54 Å². The van der Waals surface area contributed by atoms with Crippen molar-refractivity contribution in [3.63, 3.8) is 0 Å². The van der Waals surface area contributed by atoms with Crippen molar-refractivity contribution in [1.29, 1.82) is 0 Å². The molecule has 0 aliphatic carbocycles. The molecule has 2 heterocycles. The van der Waals surface area contributed by atoms with E-state index in [1.54, 1.807) is 7.11 Å². The first kappa shape index (κ1) is 16.0. The van der Waals surface area contributed by atoms with E-state index >= 15 is 0 Å². The average molecular weight is 330 g/mol. The van der Waals surface area contributed by atoms with Crippen LogP contribution in [0.3, 0.4) is 0 Å². The maximum absolute atomic E-state index is 12.2. The van der Waals surface area contributed by atoms with Gasteiger partial charge in [-0.15, -0.1) is 11.3 Å². The van der Waals surface area contributed by atoms with Gasteiger partial charge in [0, 0.05) is 6.54 Å². The Kier molecular flexibility index (Phi) is 5.31. The highest BCUT2D eigenvalue weighted by Crippen LogP contribution is 2.27. The largest absolute Gasteiger partial charge is 0.497 e. The second-order valence-corrected chi connectivity index (χ2v) is 6.67. The van der Waals surface area contributed by atoms with Gasteiger partial charge in [0.1, 0.15) is 5.75 Å². The Morgan fingerprint density at radius 2 is 2.13 bits per heavy atom. The number of amides is 1. The Balaban J connectivity index is 1.74. The summed E-state index contributed by atoms with van der Waals surface area (Å²) in [7, 11) is 1.68. The molecule has 0 radical (unpaired) electrons. The molecule has 0 spiro atoms. The number of nitrogens with zero attached hydrogens (tertiary/aromatic N) is 1. The van der Waals surface area contributed by atoms with Gasteiger partial charge in [0.2, 0.25) is 0 Å². The number of hydrogen-bond donors (Lipinski definition) is 1. The molecule has 1 atom stereocenters. The molecule has 1 aliphatic heterocycles. The van der Waals surface area contributed by atoms with E-state index in [2.05, 4.69) is 22.3 Å². The second-order valence-electron chi connectivity index (χ2n) is 5.72. The lowest BCUT2D eigenvalue weighted by Gasteiger charge is -2.28. The Labute approximate surface area is 141 Å². The van der Waals surface area contributed by atoms with Gasteiger partial charge in [0.25, 0.3) is 5.91 Å². The minimum atomic E-state index is 0.00657. The molecule has 1 aromatic carbocycles. The summed E-state index contributed by atoms with van der Waals surface area (Å²) in [6.07, 6.45) is 2.44. The van der Waals surface area contributed by atoms with Gasteiger partial charge < -0.3 is 10.1 Å². The van der Waals surface area contributed by atoms with Gasteiger partial charge in [-0.2, -0.15) is 0 Å². The Bertz CT molecular complexity index is 636. The SMILES string of the molecule is COc1cccc(C(CNC(=O)c2cccs2)N2CCCC2)c1. The molecule has 5 heteroatoms. The third kappa shape index (κ3) is 3.92. The second kappa shape index (κ2) is 7.62. The fraction of sp³-hybridized carbons (Fsp3) is 0.389. The van der Waals surface area contributed by atoms with Crippen LogP contribution in [0, 0.1) is 0 Å². The number of likely N-dealkylation sites (tertiary alicyclic amines) is 1. The first-order valence-corrected chi connectivity index (χ1v) is 8.85. The van der Waals surface area contributed by atoms with Crippen molar-refractivity contribution in [2.24, 2.45) is 0 Å². The van der Waals surface area contributed by atoms with E-state index in [-0.39, 0.29) is 11.9 Å². The summed E-state index contributed by atoms with van der Waals surface area (Å²) in [5.41, 5.74) is 1.19. The summed E-state index contributed by atoms with van der Waals surface area (Å²) in [6, 6.07) is 12.1. The van der Waals surface area contributed by atoms with E-state index in [9.17, 15) is 4.79 Å². The molecule has 122 valence electrons. The molecule has 1 aliphatic rings. The summed E-state index contributed by atoms with van der Waals surface area (Å²) in [6.45, 7) is 2.78. The lowest BCUT2D eigenvalue weighted by atomic mass is 10.0. The first-order valence-electron chi connectivity index (χ1n) is 7.97. The van der Waals surface area contributed by atoms with Crippen LogP contribution in [0.1, 0.15) is 34.1 Å². The third-order valence-electron chi connectivity index (χ3n) is 4.26. The van der Waals surface area contributed by atoms with Crippen LogP contribution in [0.4, 0.5) is 0 Å². The van der Waals surface area contributed by atoms with Crippen molar-refractivity contribution in [2.45, 2.75) is 18.9 Å². The van der Waals surface area contributed by atoms with Crippen LogP contribution >= 0.6 is 11.3 Å². The van der Waals surface area contributed by atoms with Crippen molar-refractivity contribution in [2.75, 3.05) is 26.7 Å². The zero-order chi connectivity index (χ0) is 16.1. The zero-order valence-electron chi connectivity index (χ0n) is 13.3. The van der Waals surface area contributed by atoms with Gasteiger partial charge >= 0.3 is 0 Å². The van der Waals surface area contributed by atoms with Gasteiger partial charge in [0.15, 0.2) is 0 Å². The van der Waals surface area contributed by atoms with Crippen LogP contribution in [0.5, 0.6) is 5.75 Å². The number of nitrogens with one attached hydrogen (secondary N) is 1. The molecule has 1 N–H and O–H groups in total. The molecule has 0 bridgehead atoms. The Morgan fingerprint density at radius 1 is 1.30 bits per heavy atom. The van der Waals surface area contributed by atoms with Crippen molar-refractivity contribution >= 4 is 17.2 Å². The van der Waals surface area contributed by atoms with Crippen LogP contribution in [0.25, 0.3) is 0 Å². The summed E-state index contributed by atoms with van der Waals surface area (Å²) in [5, 5.41) is 5.01. The average Bonchev–Trinajstić information content (AvgIpc) is 3.29. The summed E-state index contributed by atoms with van der Waals surface area (Å²) >= 11 is 1.47. The number of rotatable bonds is 6. The van der Waals surface area contributed by atoms with Gasteiger partial charge in [-0.1, -0.05) is 18.2 Å². The minimum Gasteiger partial charge on any atom is -0.497 e. The van der Waals surface area contributed by atoms with Crippen LogP contribution < -0.4 is 10.1 Å². The number of carbonyl (C=O) groups is 1. The highest BCUT2D eigenvalue weighted by atomic mass is 32.1. The van der Waals surface area contributed by atoms with Crippen molar-refractivity contribution in [1.82, 2.24) is 10.2 Å². The predicted molar refractivity (Wildman–Crippen MR) is 93.2 cm³/mol. The van der Waals surface area contributed by atoms with Crippen molar-refractivity contribution in [3.05, 3.63) is 52.2 Å². The molecule has 1 saturated heterocycles. The number of methoxy groups -OCH3 is 1. The van der Waals surface area contributed by atoms with Crippen LogP contribution in [-0.2, 0) is 0 Å². The van der Waals surface area contributed by atoms with Gasteiger partial charge in [0.05, 0.1) is 18.0 Å². The topological polar surface area (TPSA) is 41.6 Å². The maximum Gasteiger partial charge on any atom is 0.261 e. The molecule has 4 nitrogen and oxygen atoms in total. The molecule has 1 fully saturated rings. The fourth-order valence-corrected chi connectivity index (χ4v) is 3.68. The van der Waals surface area contributed by atoms with E-state index in [4.69, 9.17) is 4.74 Å². The van der Waals surface area contributed by atoms with Crippen LogP contribution in [0.2, 0.25) is 0 Å². The summed E-state index contributed by atoms with van der Waals surface area (Å²) in [4.78, 5) is 15.4. The molecular weight excluding hydrogens is 308 g/mol. The zero-order valence-corrected chi connectivity index (χ0v) is 14.1. The molecule has 1 aromatic heterocycles. The molecular formula is C18H22N2O2S.